The first-order valence-corrected chi connectivity index (χ1v) is 8.99. The molecule has 0 aromatic heterocycles. The van der Waals surface area contributed by atoms with Crippen LogP contribution in [0.25, 0.3) is 0 Å². The van der Waals surface area contributed by atoms with E-state index >= 15 is 0 Å². The van der Waals surface area contributed by atoms with Crippen molar-refractivity contribution >= 4 is 5.91 Å². The third-order valence-corrected chi connectivity index (χ3v) is 5.20. The highest BCUT2D eigenvalue weighted by molar-refractivity contribution is 5.92. The van der Waals surface area contributed by atoms with E-state index in [-0.39, 0.29) is 5.91 Å². The van der Waals surface area contributed by atoms with Gasteiger partial charge in [-0.25, -0.2) is 9.85 Å². The second-order valence-electron chi connectivity index (χ2n) is 6.76. The Hall–Kier alpha value is -2.69. The van der Waals surface area contributed by atoms with Crippen LogP contribution in [0.15, 0.2) is 48.5 Å². The second kappa shape index (κ2) is 7.62. The minimum Gasteiger partial charge on any atom is -0.497 e. The number of hydrazine groups is 1. The highest BCUT2D eigenvalue weighted by Crippen LogP contribution is 2.48. The van der Waals surface area contributed by atoms with Gasteiger partial charge >= 0.3 is 0 Å². The molecule has 4 rings (SSSR count). The lowest BCUT2D eigenvalue weighted by atomic mass is 9.81. The number of hydrogen-bond acceptors (Lipinski definition) is 8. The van der Waals surface area contributed by atoms with Crippen molar-refractivity contribution in [2.24, 2.45) is 0 Å². The average molecular weight is 402 g/mol. The van der Waals surface area contributed by atoms with Crippen molar-refractivity contribution in [2.45, 2.75) is 24.9 Å². The predicted octanol–water partition coefficient (Wildman–Crippen LogP) is 2.72. The largest absolute Gasteiger partial charge is 0.497 e. The first-order valence-electron chi connectivity index (χ1n) is 8.99. The van der Waals surface area contributed by atoms with Gasteiger partial charge in [0.15, 0.2) is 5.60 Å². The lowest BCUT2D eigenvalue weighted by Gasteiger charge is -2.53. The molecule has 3 atom stereocenters. The van der Waals surface area contributed by atoms with Crippen LogP contribution in [0, 0.1) is 0 Å². The van der Waals surface area contributed by atoms with Gasteiger partial charge < -0.3 is 14.2 Å². The van der Waals surface area contributed by atoms with Gasteiger partial charge in [-0.15, -0.1) is 0 Å². The number of carbonyl (C=O) groups is 1. The molecule has 9 heteroatoms. The minimum atomic E-state index is -1.07. The van der Waals surface area contributed by atoms with E-state index < -0.39 is 17.9 Å². The molecule has 0 N–H and O–H groups in total. The van der Waals surface area contributed by atoms with Crippen molar-refractivity contribution in [1.82, 2.24) is 10.3 Å². The van der Waals surface area contributed by atoms with Crippen molar-refractivity contribution in [3.05, 3.63) is 59.7 Å². The molecule has 1 unspecified atom stereocenters. The summed E-state index contributed by atoms with van der Waals surface area (Å²) in [7, 11) is 4.67. The Morgan fingerprint density at radius 3 is 1.97 bits per heavy atom. The van der Waals surface area contributed by atoms with Crippen molar-refractivity contribution in [2.75, 3.05) is 21.3 Å². The molecule has 0 spiro atoms. The summed E-state index contributed by atoms with van der Waals surface area (Å²) >= 11 is 0. The predicted molar refractivity (Wildman–Crippen MR) is 98.8 cm³/mol. The number of amides is 1. The number of nitrogens with zero attached hydrogens (tertiary/aromatic N) is 2. The van der Waals surface area contributed by atoms with E-state index in [1.165, 1.54) is 12.1 Å². The van der Waals surface area contributed by atoms with Crippen LogP contribution in [-0.2, 0) is 24.2 Å². The summed E-state index contributed by atoms with van der Waals surface area (Å²) in [5.41, 5.74) is 0.464. The van der Waals surface area contributed by atoms with Gasteiger partial charge in [0, 0.05) is 12.7 Å². The SMILES string of the molecule is COc1ccc(C2OON(N3C(=O)[C@@](C)(OC)[C@@H]3c3ccc(OC)cc3)O2)cc1. The molecule has 9 nitrogen and oxygen atoms in total. The second-order valence-corrected chi connectivity index (χ2v) is 6.76. The highest BCUT2D eigenvalue weighted by atomic mass is 17.4. The molecule has 2 aliphatic rings. The Balaban J connectivity index is 1.55. The Labute approximate surface area is 168 Å². The molecule has 1 amide bonds. The molecule has 0 saturated carbocycles. The molecular weight excluding hydrogens is 380 g/mol. The molecule has 2 aliphatic heterocycles. The first-order chi connectivity index (χ1) is 14.0. The summed E-state index contributed by atoms with van der Waals surface area (Å²) in [6, 6.07) is 14.0. The fraction of sp³-hybridized carbons (Fsp3) is 0.350. The van der Waals surface area contributed by atoms with Crippen molar-refractivity contribution in [3.8, 4) is 11.5 Å². The molecule has 154 valence electrons. The van der Waals surface area contributed by atoms with Crippen LogP contribution < -0.4 is 9.47 Å². The molecule has 29 heavy (non-hydrogen) atoms. The van der Waals surface area contributed by atoms with E-state index in [0.29, 0.717) is 17.1 Å². The number of hydrogen-bond donors (Lipinski definition) is 0. The number of methoxy groups -OCH3 is 3. The number of benzene rings is 2. The maximum Gasteiger partial charge on any atom is 0.275 e. The van der Waals surface area contributed by atoms with Crippen molar-refractivity contribution < 1.29 is 33.7 Å². The molecule has 0 radical (unpaired) electrons. The van der Waals surface area contributed by atoms with Gasteiger partial charge in [0.1, 0.15) is 17.5 Å². The number of ether oxygens (including phenoxy) is 3. The highest BCUT2D eigenvalue weighted by Gasteiger charge is 2.63. The third-order valence-electron chi connectivity index (χ3n) is 5.20. The van der Waals surface area contributed by atoms with Gasteiger partial charge in [-0.2, -0.15) is 4.89 Å². The van der Waals surface area contributed by atoms with E-state index in [4.69, 9.17) is 28.9 Å². The topological polar surface area (TPSA) is 78.9 Å². The van der Waals surface area contributed by atoms with E-state index in [1.807, 2.05) is 24.3 Å². The fourth-order valence-electron chi connectivity index (χ4n) is 3.40. The van der Waals surface area contributed by atoms with Crippen molar-refractivity contribution in [1.29, 1.82) is 0 Å². The van der Waals surface area contributed by atoms with Crippen LogP contribution in [0.4, 0.5) is 0 Å². The Morgan fingerprint density at radius 1 is 0.897 bits per heavy atom. The van der Waals surface area contributed by atoms with Gasteiger partial charge in [-0.05, 0) is 36.8 Å². The molecule has 0 aliphatic carbocycles. The molecule has 2 heterocycles. The van der Waals surface area contributed by atoms with E-state index in [0.717, 1.165) is 10.9 Å². The van der Waals surface area contributed by atoms with E-state index in [2.05, 4.69) is 0 Å². The summed E-state index contributed by atoms with van der Waals surface area (Å²) in [6.45, 7) is 1.72. The van der Waals surface area contributed by atoms with Crippen LogP contribution in [-0.4, -0.2) is 43.2 Å². The van der Waals surface area contributed by atoms with Crippen LogP contribution in [0.2, 0.25) is 0 Å². The Kier molecular flexibility index (Phi) is 5.15. The van der Waals surface area contributed by atoms with E-state index in [9.17, 15) is 4.79 Å². The first kappa shape index (κ1) is 19.6. The van der Waals surface area contributed by atoms with Crippen molar-refractivity contribution in [3.63, 3.8) is 0 Å². The quantitative estimate of drug-likeness (QED) is 0.539. The molecule has 0 bridgehead atoms. The smallest absolute Gasteiger partial charge is 0.275 e. The lowest BCUT2D eigenvalue weighted by molar-refractivity contribution is -0.496. The molecular formula is C20H22N2O7. The lowest BCUT2D eigenvalue weighted by Crippen LogP contribution is -2.71. The van der Waals surface area contributed by atoms with Crippen LogP contribution in [0.1, 0.15) is 30.4 Å². The Morgan fingerprint density at radius 2 is 1.45 bits per heavy atom. The summed E-state index contributed by atoms with van der Waals surface area (Å²) in [4.78, 5) is 29.0. The molecule has 2 aromatic rings. The summed E-state index contributed by atoms with van der Waals surface area (Å²) in [5.74, 6) is 1.10. The maximum absolute atomic E-state index is 12.8. The standard InChI is InChI=1S/C20H22N2O7/c1-20(26-4)17(13-5-9-15(24-2)10-6-13)21(19(20)23)22-27-18(28-29-22)14-7-11-16(25-3)12-8-14/h5-12,17-18H,1-4H3/t17-,18?,20-/m0/s1. The fourth-order valence-corrected chi connectivity index (χ4v) is 3.40. The van der Waals surface area contributed by atoms with Gasteiger partial charge in [0.2, 0.25) is 6.29 Å². The molecule has 2 saturated heterocycles. The number of carbonyl (C=O) groups excluding carboxylic acids is 1. The molecule has 2 fully saturated rings. The number of rotatable bonds is 6. The maximum atomic E-state index is 12.8. The van der Waals surface area contributed by atoms with Gasteiger partial charge in [0.05, 0.1) is 19.6 Å². The van der Waals surface area contributed by atoms with Gasteiger partial charge in [-0.1, -0.05) is 29.3 Å². The van der Waals surface area contributed by atoms with Crippen LogP contribution >= 0.6 is 0 Å². The normalized spacial score (nSPS) is 27.0. The summed E-state index contributed by atoms with van der Waals surface area (Å²) in [6.07, 6.45) is -0.834. The Bertz CT molecular complexity index is 873. The summed E-state index contributed by atoms with van der Waals surface area (Å²) < 4.78 is 15.9. The zero-order valence-corrected chi connectivity index (χ0v) is 16.5. The molecule has 2 aromatic carbocycles. The van der Waals surface area contributed by atoms with Gasteiger partial charge in [-0.3, -0.25) is 4.79 Å². The minimum absolute atomic E-state index is 0.320. The van der Waals surface area contributed by atoms with Crippen LogP contribution in [0.3, 0.4) is 0 Å². The third kappa shape index (κ3) is 3.22. The summed E-state index contributed by atoms with van der Waals surface area (Å²) in [5, 5.41) is 2.27. The zero-order chi connectivity index (χ0) is 20.6. The van der Waals surface area contributed by atoms with Crippen LogP contribution in [0.5, 0.6) is 11.5 Å². The zero-order valence-electron chi connectivity index (χ0n) is 16.5. The van der Waals surface area contributed by atoms with Gasteiger partial charge in [0.25, 0.3) is 5.91 Å². The monoisotopic (exact) mass is 402 g/mol. The number of β-lactam (4-membered cyclic amide) rings is 1. The van der Waals surface area contributed by atoms with E-state index in [1.54, 1.807) is 45.4 Å². The average Bonchev–Trinajstić information content (AvgIpc) is 3.26.